The Bertz CT molecular complexity index is 331. The molecule has 1 rings (SSSR count). The topological polar surface area (TPSA) is 52.5 Å². The highest BCUT2D eigenvalue weighted by Gasteiger charge is 2.05. The lowest BCUT2D eigenvalue weighted by Gasteiger charge is -2.15. The third-order valence-electron chi connectivity index (χ3n) is 2.58. The molecule has 1 unspecified atom stereocenters. The highest BCUT2D eigenvalue weighted by Crippen LogP contribution is 2.24. The first-order chi connectivity index (χ1) is 7.67. The molecule has 0 spiro atoms. The Morgan fingerprint density at radius 2 is 2.19 bits per heavy atom. The van der Waals surface area contributed by atoms with Gasteiger partial charge in [-0.2, -0.15) is 0 Å². The maximum atomic E-state index is 9.35. The first kappa shape index (κ1) is 13.5. The Hall–Kier alpha value is -0.580. The predicted molar refractivity (Wildman–Crippen MR) is 68.4 cm³/mol. The van der Waals surface area contributed by atoms with Gasteiger partial charge in [0.15, 0.2) is 0 Å². The van der Waals surface area contributed by atoms with Gasteiger partial charge in [0.05, 0.1) is 4.47 Å². The molecule has 4 heteroatoms. The number of benzene rings is 1. The molecule has 0 amide bonds. The van der Waals surface area contributed by atoms with Crippen LogP contribution in [-0.4, -0.2) is 22.9 Å². The van der Waals surface area contributed by atoms with E-state index >= 15 is 0 Å². The molecule has 16 heavy (non-hydrogen) atoms. The maximum Gasteiger partial charge on any atom is 0.129 e. The number of hydrogen-bond donors (Lipinski definition) is 3. The van der Waals surface area contributed by atoms with E-state index in [9.17, 15) is 5.11 Å². The van der Waals surface area contributed by atoms with Crippen molar-refractivity contribution in [3.8, 4) is 5.75 Å². The summed E-state index contributed by atoms with van der Waals surface area (Å²) in [6.45, 7) is 3.06. The summed E-state index contributed by atoms with van der Waals surface area (Å²) in [4.78, 5) is 0. The lowest BCUT2D eigenvalue weighted by atomic mass is 10.1. The van der Waals surface area contributed by atoms with Crippen LogP contribution < -0.4 is 5.32 Å². The Balaban J connectivity index is 2.50. The van der Waals surface area contributed by atoms with Gasteiger partial charge in [-0.1, -0.05) is 13.0 Å². The Morgan fingerprint density at radius 1 is 1.44 bits per heavy atom. The van der Waals surface area contributed by atoms with Crippen LogP contribution in [0.2, 0.25) is 0 Å². The van der Waals surface area contributed by atoms with E-state index in [1.165, 1.54) is 0 Å². The number of nitrogens with one attached hydrogen (secondary N) is 1. The van der Waals surface area contributed by atoms with Crippen LogP contribution in [0.25, 0.3) is 0 Å². The molecule has 1 aromatic carbocycles. The molecule has 0 aliphatic carbocycles. The van der Waals surface area contributed by atoms with Gasteiger partial charge < -0.3 is 15.5 Å². The molecule has 0 aromatic heterocycles. The molecular weight excluding hydrogens is 270 g/mol. The third kappa shape index (κ3) is 4.12. The molecule has 3 nitrogen and oxygen atoms in total. The molecule has 0 aliphatic heterocycles. The van der Waals surface area contributed by atoms with Crippen molar-refractivity contribution in [3.63, 3.8) is 0 Å². The van der Waals surface area contributed by atoms with Crippen molar-refractivity contribution in [2.24, 2.45) is 0 Å². The number of phenols is 1. The lowest BCUT2D eigenvalue weighted by molar-refractivity contribution is 0.262. The minimum absolute atomic E-state index is 0.213. The second-order valence-corrected chi connectivity index (χ2v) is 4.64. The predicted octanol–water partition coefficient (Wildman–Crippen LogP) is 2.41. The average Bonchev–Trinajstić information content (AvgIpc) is 2.28. The smallest absolute Gasteiger partial charge is 0.129 e. The summed E-state index contributed by atoms with van der Waals surface area (Å²) < 4.78 is 0.710. The first-order valence-corrected chi connectivity index (χ1v) is 6.28. The first-order valence-electron chi connectivity index (χ1n) is 5.49. The van der Waals surface area contributed by atoms with Crippen LogP contribution >= 0.6 is 15.9 Å². The molecule has 0 heterocycles. The minimum atomic E-state index is 0.213. The number of rotatable bonds is 6. The van der Waals surface area contributed by atoms with E-state index < -0.39 is 0 Å². The molecule has 0 fully saturated rings. The van der Waals surface area contributed by atoms with Gasteiger partial charge >= 0.3 is 0 Å². The van der Waals surface area contributed by atoms with Crippen LogP contribution in [0.3, 0.4) is 0 Å². The van der Waals surface area contributed by atoms with E-state index in [1.54, 1.807) is 6.07 Å². The second-order valence-electron chi connectivity index (χ2n) is 3.78. The van der Waals surface area contributed by atoms with E-state index in [-0.39, 0.29) is 12.4 Å². The van der Waals surface area contributed by atoms with Crippen molar-refractivity contribution in [3.05, 3.63) is 28.2 Å². The summed E-state index contributed by atoms with van der Waals surface area (Å²) in [5.74, 6) is 0.256. The van der Waals surface area contributed by atoms with Crippen LogP contribution in [0.15, 0.2) is 22.7 Å². The standard InChI is InChI=1S/C12H18BrNO2/c1-2-10(5-6-15)14-8-9-3-4-12(16)11(13)7-9/h3-4,7,10,14-16H,2,5-6,8H2,1H3. The van der Waals surface area contributed by atoms with Gasteiger partial charge in [-0.05, 0) is 46.5 Å². The number of halogens is 1. The van der Waals surface area contributed by atoms with Gasteiger partial charge in [0, 0.05) is 19.2 Å². The normalized spacial score (nSPS) is 12.7. The SMILES string of the molecule is CCC(CCO)NCc1ccc(O)c(Br)c1. The second kappa shape index (κ2) is 6.89. The summed E-state index contributed by atoms with van der Waals surface area (Å²) in [6, 6.07) is 5.80. The molecule has 0 aliphatic rings. The number of aliphatic hydroxyl groups excluding tert-OH is 1. The van der Waals surface area contributed by atoms with Crippen LogP contribution in [0, 0.1) is 0 Å². The molecule has 1 atom stereocenters. The fraction of sp³-hybridized carbons (Fsp3) is 0.500. The van der Waals surface area contributed by atoms with Crippen molar-refractivity contribution in [2.45, 2.75) is 32.4 Å². The summed E-state index contributed by atoms with van der Waals surface area (Å²) in [6.07, 6.45) is 1.77. The van der Waals surface area contributed by atoms with Gasteiger partial charge in [-0.15, -0.1) is 0 Å². The van der Waals surface area contributed by atoms with Crippen molar-refractivity contribution in [2.75, 3.05) is 6.61 Å². The van der Waals surface area contributed by atoms with E-state index in [2.05, 4.69) is 28.2 Å². The van der Waals surface area contributed by atoms with Crippen molar-refractivity contribution in [1.29, 1.82) is 0 Å². The molecular formula is C12H18BrNO2. The molecule has 0 saturated heterocycles. The highest BCUT2D eigenvalue weighted by atomic mass is 79.9. The Labute approximate surface area is 105 Å². The summed E-state index contributed by atoms with van der Waals surface area (Å²) >= 11 is 3.28. The van der Waals surface area contributed by atoms with Crippen molar-refractivity contribution >= 4 is 15.9 Å². The summed E-state index contributed by atoms with van der Waals surface area (Å²) in [7, 11) is 0. The number of hydrogen-bond acceptors (Lipinski definition) is 3. The van der Waals surface area contributed by atoms with E-state index in [0.717, 1.165) is 24.9 Å². The van der Waals surface area contributed by atoms with Gasteiger partial charge in [-0.25, -0.2) is 0 Å². The highest BCUT2D eigenvalue weighted by molar-refractivity contribution is 9.10. The summed E-state index contributed by atoms with van der Waals surface area (Å²) in [5, 5.41) is 21.6. The van der Waals surface area contributed by atoms with E-state index in [0.29, 0.717) is 10.5 Å². The van der Waals surface area contributed by atoms with Crippen molar-refractivity contribution < 1.29 is 10.2 Å². The monoisotopic (exact) mass is 287 g/mol. The molecule has 90 valence electrons. The largest absolute Gasteiger partial charge is 0.507 e. The van der Waals surface area contributed by atoms with Crippen LogP contribution in [0.5, 0.6) is 5.75 Å². The van der Waals surface area contributed by atoms with E-state index in [4.69, 9.17) is 5.11 Å². The van der Waals surface area contributed by atoms with Crippen LogP contribution in [0.1, 0.15) is 25.3 Å². The lowest BCUT2D eigenvalue weighted by Crippen LogP contribution is -2.28. The van der Waals surface area contributed by atoms with Crippen LogP contribution in [0.4, 0.5) is 0 Å². The van der Waals surface area contributed by atoms with Crippen molar-refractivity contribution in [1.82, 2.24) is 5.32 Å². The number of phenolic OH excluding ortho intramolecular Hbond substituents is 1. The zero-order valence-electron chi connectivity index (χ0n) is 9.41. The fourth-order valence-electron chi connectivity index (χ4n) is 1.53. The summed E-state index contributed by atoms with van der Waals surface area (Å²) in [5.41, 5.74) is 1.11. The minimum Gasteiger partial charge on any atom is -0.507 e. The average molecular weight is 288 g/mol. The third-order valence-corrected chi connectivity index (χ3v) is 3.21. The number of aliphatic hydroxyl groups is 1. The Kier molecular flexibility index (Phi) is 5.80. The van der Waals surface area contributed by atoms with Crippen LogP contribution in [-0.2, 0) is 6.54 Å². The number of aromatic hydroxyl groups is 1. The molecule has 0 bridgehead atoms. The zero-order chi connectivity index (χ0) is 12.0. The van der Waals surface area contributed by atoms with E-state index in [1.807, 2.05) is 12.1 Å². The fourth-order valence-corrected chi connectivity index (χ4v) is 1.96. The van der Waals surface area contributed by atoms with Gasteiger partial charge in [0.2, 0.25) is 0 Å². The molecule has 3 N–H and O–H groups in total. The molecule has 0 radical (unpaired) electrons. The molecule has 0 saturated carbocycles. The Morgan fingerprint density at radius 3 is 2.75 bits per heavy atom. The quantitative estimate of drug-likeness (QED) is 0.753. The van der Waals surface area contributed by atoms with Gasteiger partial charge in [0.25, 0.3) is 0 Å². The van der Waals surface area contributed by atoms with Gasteiger partial charge in [0.1, 0.15) is 5.75 Å². The maximum absolute atomic E-state index is 9.35. The molecule has 1 aromatic rings. The van der Waals surface area contributed by atoms with Gasteiger partial charge in [-0.3, -0.25) is 0 Å². The zero-order valence-corrected chi connectivity index (χ0v) is 11.0.